The van der Waals surface area contributed by atoms with E-state index in [1.165, 1.54) is 65.5 Å². The van der Waals surface area contributed by atoms with Crippen molar-refractivity contribution in [2.24, 2.45) is 0 Å². The van der Waals surface area contributed by atoms with Crippen LogP contribution >= 0.6 is 0 Å². The van der Waals surface area contributed by atoms with Crippen LogP contribution in [0.4, 0.5) is 0 Å². The van der Waals surface area contributed by atoms with Gasteiger partial charge in [0.25, 0.3) is 0 Å². The molecule has 0 heteroatoms. The molecule has 0 aliphatic heterocycles. The third kappa shape index (κ3) is 3.86. The van der Waals surface area contributed by atoms with Crippen LogP contribution in [0.5, 0.6) is 0 Å². The molecule has 0 radical (unpaired) electrons. The summed E-state index contributed by atoms with van der Waals surface area (Å²) in [5.41, 5.74) is 8.66. The van der Waals surface area contributed by atoms with E-state index in [2.05, 4.69) is 86.6 Å². The SMILES string of the molecule is Cc1ccc(Cc2ccc(C3(c4ccc(C)cc4)CCCCC3)cc2)cc1. The minimum Gasteiger partial charge on any atom is -0.0590 e. The molecule has 138 valence electrons. The average Bonchev–Trinajstić information content (AvgIpc) is 2.71. The quantitative estimate of drug-likeness (QED) is 0.467. The summed E-state index contributed by atoms with van der Waals surface area (Å²) in [5.74, 6) is 0. The first-order chi connectivity index (χ1) is 13.2. The molecule has 3 aromatic rings. The van der Waals surface area contributed by atoms with Gasteiger partial charge in [0.15, 0.2) is 0 Å². The van der Waals surface area contributed by atoms with Crippen LogP contribution in [0, 0.1) is 13.8 Å². The maximum Gasteiger partial charge on any atom is 0.0202 e. The lowest BCUT2D eigenvalue weighted by atomic mass is 9.65. The smallest absolute Gasteiger partial charge is 0.0202 e. The molecule has 0 heterocycles. The standard InChI is InChI=1S/C27H30/c1-21-6-10-23(11-7-21)20-24-12-16-26(17-13-24)27(18-4-3-5-19-27)25-14-8-22(2)9-15-25/h6-17H,3-5,18-20H2,1-2H3. The van der Waals surface area contributed by atoms with E-state index < -0.39 is 0 Å². The van der Waals surface area contributed by atoms with Gasteiger partial charge in [-0.3, -0.25) is 0 Å². The van der Waals surface area contributed by atoms with Gasteiger partial charge in [0.05, 0.1) is 0 Å². The van der Waals surface area contributed by atoms with Crippen molar-refractivity contribution in [1.29, 1.82) is 0 Å². The Bertz CT molecular complexity index is 861. The summed E-state index contributed by atoms with van der Waals surface area (Å²) in [5, 5.41) is 0. The highest BCUT2D eigenvalue weighted by Gasteiger charge is 2.35. The monoisotopic (exact) mass is 354 g/mol. The fraction of sp³-hybridized carbons (Fsp3) is 0.333. The summed E-state index contributed by atoms with van der Waals surface area (Å²) < 4.78 is 0. The predicted octanol–water partition coefficient (Wildman–Crippen LogP) is 7.14. The van der Waals surface area contributed by atoms with Crippen molar-refractivity contribution in [2.45, 2.75) is 57.8 Å². The lowest BCUT2D eigenvalue weighted by Gasteiger charge is -2.39. The minimum absolute atomic E-state index is 0.203. The Morgan fingerprint density at radius 1 is 0.556 bits per heavy atom. The number of aryl methyl sites for hydroxylation is 2. The molecule has 0 amide bonds. The lowest BCUT2D eigenvalue weighted by molar-refractivity contribution is 0.346. The molecule has 0 saturated heterocycles. The van der Waals surface area contributed by atoms with Gasteiger partial charge in [-0.25, -0.2) is 0 Å². The van der Waals surface area contributed by atoms with Crippen LogP contribution in [0.2, 0.25) is 0 Å². The van der Waals surface area contributed by atoms with E-state index in [4.69, 9.17) is 0 Å². The van der Waals surface area contributed by atoms with Crippen molar-refractivity contribution in [3.63, 3.8) is 0 Å². The van der Waals surface area contributed by atoms with E-state index in [-0.39, 0.29) is 5.41 Å². The van der Waals surface area contributed by atoms with Gasteiger partial charge in [-0.05, 0) is 55.4 Å². The van der Waals surface area contributed by atoms with Crippen molar-refractivity contribution >= 4 is 0 Å². The van der Waals surface area contributed by atoms with Gasteiger partial charge in [0.1, 0.15) is 0 Å². The van der Waals surface area contributed by atoms with Crippen molar-refractivity contribution in [3.05, 3.63) is 106 Å². The second-order valence-corrected chi connectivity index (χ2v) is 8.37. The Morgan fingerprint density at radius 2 is 0.963 bits per heavy atom. The summed E-state index contributed by atoms with van der Waals surface area (Å²) in [6, 6.07) is 27.7. The number of hydrogen-bond donors (Lipinski definition) is 0. The molecule has 1 aliphatic rings. The fourth-order valence-corrected chi connectivity index (χ4v) is 4.66. The first kappa shape index (κ1) is 18.0. The van der Waals surface area contributed by atoms with Gasteiger partial charge in [0, 0.05) is 5.41 Å². The van der Waals surface area contributed by atoms with E-state index in [0.717, 1.165) is 6.42 Å². The number of benzene rings is 3. The molecule has 0 nitrogen and oxygen atoms in total. The topological polar surface area (TPSA) is 0 Å². The molecule has 1 aliphatic carbocycles. The van der Waals surface area contributed by atoms with Crippen LogP contribution in [-0.2, 0) is 11.8 Å². The number of rotatable bonds is 4. The summed E-state index contributed by atoms with van der Waals surface area (Å²) in [6.07, 6.45) is 7.59. The van der Waals surface area contributed by atoms with E-state index in [1.54, 1.807) is 0 Å². The highest BCUT2D eigenvalue weighted by Crippen LogP contribution is 2.45. The molecule has 27 heavy (non-hydrogen) atoms. The van der Waals surface area contributed by atoms with Crippen molar-refractivity contribution in [2.75, 3.05) is 0 Å². The second-order valence-electron chi connectivity index (χ2n) is 8.37. The minimum atomic E-state index is 0.203. The van der Waals surface area contributed by atoms with Crippen molar-refractivity contribution < 1.29 is 0 Å². The van der Waals surface area contributed by atoms with Gasteiger partial charge in [0.2, 0.25) is 0 Å². The van der Waals surface area contributed by atoms with Gasteiger partial charge in [-0.15, -0.1) is 0 Å². The van der Waals surface area contributed by atoms with Crippen LogP contribution in [0.1, 0.15) is 65.5 Å². The fourth-order valence-electron chi connectivity index (χ4n) is 4.66. The number of hydrogen-bond acceptors (Lipinski definition) is 0. The highest BCUT2D eigenvalue weighted by atomic mass is 14.4. The van der Waals surface area contributed by atoms with Crippen LogP contribution in [0.15, 0.2) is 72.8 Å². The van der Waals surface area contributed by atoms with Crippen LogP contribution in [0.25, 0.3) is 0 Å². The van der Waals surface area contributed by atoms with Crippen LogP contribution < -0.4 is 0 Å². The molecule has 0 N–H and O–H groups in total. The zero-order valence-electron chi connectivity index (χ0n) is 16.7. The molecule has 3 aromatic carbocycles. The van der Waals surface area contributed by atoms with Crippen molar-refractivity contribution in [3.8, 4) is 0 Å². The van der Waals surface area contributed by atoms with Crippen LogP contribution in [0.3, 0.4) is 0 Å². The summed E-state index contributed by atoms with van der Waals surface area (Å²) in [6.45, 7) is 4.32. The Labute approximate surface area is 164 Å². The predicted molar refractivity (Wildman–Crippen MR) is 115 cm³/mol. The molecule has 0 aromatic heterocycles. The second kappa shape index (κ2) is 7.72. The molecular weight excluding hydrogens is 324 g/mol. The Hall–Kier alpha value is -2.34. The Morgan fingerprint density at radius 3 is 1.48 bits per heavy atom. The molecule has 0 bridgehead atoms. The maximum absolute atomic E-state index is 2.40. The van der Waals surface area contributed by atoms with Crippen molar-refractivity contribution in [1.82, 2.24) is 0 Å². The highest BCUT2D eigenvalue weighted by molar-refractivity contribution is 5.42. The zero-order valence-corrected chi connectivity index (χ0v) is 16.7. The van der Waals surface area contributed by atoms with E-state index in [9.17, 15) is 0 Å². The molecular formula is C27H30. The maximum atomic E-state index is 2.40. The normalized spacial score (nSPS) is 16.2. The molecule has 1 saturated carbocycles. The van der Waals surface area contributed by atoms with E-state index in [0.29, 0.717) is 0 Å². The van der Waals surface area contributed by atoms with E-state index >= 15 is 0 Å². The third-order valence-electron chi connectivity index (χ3n) is 6.35. The van der Waals surface area contributed by atoms with Gasteiger partial charge in [-0.2, -0.15) is 0 Å². The molecule has 1 fully saturated rings. The molecule has 0 spiro atoms. The summed E-state index contributed by atoms with van der Waals surface area (Å²) in [7, 11) is 0. The van der Waals surface area contributed by atoms with Gasteiger partial charge < -0.3 is 0 Å². The van der Waals surface area contributed by atoms with Crippen LogP contribution in [-0.4, -0.2) is 0 Å². The lowest BCUT2D eigenvalue weighted by Crippen LogP contribution is -2.30. The first-order valence-corrected chi connectivity index (χ1v) is 10.4. The first-order valence-electron chi connectivity index (χ1n) is 10.4. The Kier molecular flexibility index (Phi) is 5.16. The molecule has 0 atom stereocenters. The zero-order chi connectivity index (χ0) is 18.7. The van der Waals surface area contributed by atoms with E-state index in [1.807, 2.05) is 0 Å². The largest absolute Gasteiger partial charge is 0.0590 e. The van der Waals surface area contributed by atoms with Gasteiger partial charge >= 0.3 is 0 Å². The average molecular weight is 355 g/mol. The Balaban J connectivity index is 1.62. The van der Waals surface area contributed by atoms with Gasteiger partial charge in [-0.1, -0.05) is 103 Å². The third-order valence-corrected chi connectivity index (χ3v) is 6.35. The summed E-state index contributed by atoms with van der Waals surface area (Å²) in [4.78, 5) is 0. The summed E-state index contributed by atoms with van der Waals surface area (Å²) >= 11 is 0. The molecule has 4 rings (SSSR count). The molecule has 0 unspecified atom stereocenters.